The standard InChI is InChI=1S/C13H16ClN3O3/c14-10-6-5-8(7-12(10)17(19)20)16-13(18)9-3-1-2-4-11(9)15/h5-7,9,11H,1-4,15H2,(H,16,18). The Morgan fingerprint density at radius 1 is 1.40 bits per heavy atom. The molecule has 108 valence electrons. The number of nitrogens with zero attached hydrogens (tertiary/aromatic N) is 1. The Morgan fingerprint density at radius 2 is 2.10 bits per heavy atom. The van der Waals surface area contributed by atoms with E-state index in [1.54, 1.807) is 6.07 Å². The first-order chi connectivity index (χ1) is 9.49. The van der Waals surface area contributed by atoms with Gasteiger partial charge >= 0.3 is 0 Å². The molecule has 1 fully saturated rings. The van der Waals surface area contributed by atoms with Crippen LogP contribution >= 0.6 is 11.6 Å². The maximum atomic E-state index is 12.2. The fourth-order valence-corrected chi connectivity index (χ4v) is 2.64. The Labute approximate surface area is 121 Å². The van der Waals surface area contributed by atoms with E-state index in [0.29, 0.717) is 5.69 Å². The van der Waals surface area contributed by atoms with Crippen molar-refractivity contribution in [2.45, 2.75) is 31.7 Å². The van der Waals surface area contributed by atoms with Crippen LogP contribution in [0.2, 0.25) is 5.02 Å². The molecule has 1 aromatic carbocycles. The monoisotopic (exact) mass is 297 g/mol. The predicted molar refractivity (Wildman–Crippen MR) is 76.7 cm³/mol. The summed E-state index contributed by atoms with van der Waals surface area (Å²) in [5.74, 6) is -0.424. The molecule has 1 saturated carbocycles. The molecular weight excluding hydrogens is 282 g/mol. The van der Waals surface area contributed by atoms with Crippen LogP contribution in [-0.4, -0.2) is 16.9 Å². The van der Waals surface area contributed by atoms with Crippen LogP contribution in [0.25, 0.3) is 0 Å². The number of anilines is 1. The third-order valence-electron chi connectivity index (χ3n) is 3.57. The van der Waals surface area contributed by atoms with Crippen molar-refractivity contribution in [3.8, 4) is 0 Å². The van der Waals surface area contributed by atoms with Gasteiger partial charge in [-0.05, 0) is 25.0 Å². The number of nitro benzene ring substituents is 1. The number of nitrogens with one attached hydrogen (secondary N) is 1. The van der Waals surface area contributed by atoms with Crippen LogP contribution < -0.4 is 11.1 Å². The van der Waals surface area contributed by atoms with E-state index in [1.807, 2.05) is 0 Å². The van der Waals surface area contributed by atoms with Crippen LogP contribution in [-0.2, 0) is 4.79 Å². The fourth-order valence-electron chi connectivity index (χ4n) is 2.45. The molecule has 2 atom stereocenters. The van der Waals surface area contributed by atoms with E-state index in [9.17, 15) is 14.9 Å². The van der Waals surface area contributed by atoms with Crippen molar-refractivity contribution in [3.05, 3.63) is 33.3 Å². The second-order valence-corrected chi connectivity index (χ2v) is 5.37. The largest absolute Gasteiger partial charge is 0.327 e. The minimum Gasteiger partial charge on any atom is -0.327 e. The SMILES string of the molecule is NC1CCCCC1C(=O)Nc1ccc(Cl)c([N+](=O)[O-])c1. The Morgan fingerprint density at radius 3 is 2.75 bits per heavy atom. The van der Waals surface area contributed by atoms with Gasteiger partial charge in [-0.3, -0.25) is 14.9 Å². The van der Waals surface area contributed by atoms with Gasteiger partial charge in [-0.15, -0.1) is 0 Å². The smallest absolute Gasteiger partial charge is 0.289 e. The number of amides is 1. The molecule has 3 N–H and O–H groups in total. The molecule has 0 saturated heterocycles. The lowest BCUT2D eigenvalue weighted by atomic mass is 9.84. The molecule has 0 aromatic heterocycles. The molecule has 0 bridgehead atoms. The van der Waals surface area contributed by atoms with E-state index in [2.05, 4.69) is 5.32 Å². The third-order valence-corrected chi connectivity index (χ3v) is 3.89. The molecule has 2 unspecified atom stereocenters. The van der Waals surface area contributed by atoms with Crippen molar-refractivity contribution in [1.29, 1.82) is 0 Å². The summed E-state index contributed by atoms with van der Waals surface area (Å²) in [6.07, 6.45) is 3.60. The molecule has 7 heteroatoms. The molecule has 20 heavy (non-hydrogen) atoms. The second-order valence-electron chi connectivity index (χ2n) is 4.97. The van der Waals surface area contributed by atoms with Crippen LogP contribution in [0.4, 0.5) is 11.4 Å². The summed E-state index contributed by atoms with van der Waals surface area (Å²) in [5.41, 5.74) is 6.09. The number of halogens is 1. The maximum absolute atomic E-state index is 12.2. The zero-order valence-corrected chi connectivity index (χ0v) is 11.6. The molecule has 0 heterocycles. The van der Waals surface area contributed by atoms with E-state index >= 15 is 0 Å². The van der Waals surface area contributed by atoms with Crippen molar-refractivity contribution < 1.29 is 9.72 Å². The lowest BCUT2D eigenvalue weighted by Gasteiger charge is -2.27. The first-order valence-corrected chi connectivity index (χ1v) is 6.87. The Kier molecular flexibility index (Phi) is 4.57. The van der Waals surface area contributed by atoms with E-state index in [1.165, 1.54) is 12.1 Å². The van der Waals surface area contributed by atoms with Crippen LogP contribution in [0.3, 0.4) is 0 Å². The molecule has 1 aliphatic rings. The quantitative estimate of drug-likeness (QED) is 0.662. The highest BCUT2D eigenvalue weighted by molar-refractivity contribution is 6.32. The molecule has 2 rings (SSSR count). The van der Waals surface area contributed by atoms with Crippen molar-refractivity contribution in [3.63, 3.8) is 0 Å². The van der Waals surface area contributed by atoms with E-state index < -0.39 is 4.92 Å². The lowest BCUT2D eigenvalue weighted by molar-refractivity contribution is -0.384. The molecule has 0 aliphatic heterocycles. The molecule has 6 nitrogen and oxygen atoms in total. The topological polar surface area (TPSA) is 98.3 Å². The molecule has 1 amide bonds. The summed E-state index contributed by atoms with van der Waals surface area (Å²) < 4.78 is 0. The number of carbonyl (C=O) groups excluding carboxylic acids is 1. The van der Waals surface area contributed by atoms with Crippen LogP contribution in [0.5, 0.6) is 0 Å². The van der Waals surface area contributed by atoms with Gasteiger partial charge in [0.15, 0.2) is 0 Å². The first-order valence-electron chi connectivity index (χ1n) is 6.49. The van der Waals surface area contributed by atoms with Gasteiger partial charge in [0.05, 0.1) is 10.8 Å². The van der Waals surface area contributed by atoms with Gasteiger partial charge in [-0.2, -0.15) is 0 Å². The molecule has 0 radical (unpaired) electrons. The third kappa shape index (κ3) is 3.26. The van der Waals surface area contributed by atoms with E-state index in [-0.39, 0.29) is 28.6 Å². The number of nitro groups is 1. The highest BCUT2D eigenvalue weighted by atomic mass is 35.5. The van der Waals surface area contributed by atoms with Gasteiger partial charge in [0, 0.05) is 17.8 Å². The highest BCUT2D eigenvalue weighted by Crippen LogP contribution is 2.29. The zero-order valence-electron chi connectivity index (χ0n) is 10.8. The summed E-state index contributed by atoms with van der Waals surface area (Å²) in [5, 5.41) is 13.5. The first kappa shape index (κ1) is 14.7. The van der Waals surface area contributed by atoms with Gasteiger partial charge in [0.2, 0.25) is 5.91 Å². The van der Waals surface area contributed by atoms with Crippen LogP contribution in [0.1, 0.15) is 25.7 Å². The number of carbonyl (C=O) groups is 1. The molecular formula is C13H16ClN3O3. The van der Waals surface area contributed by atoms with E-state index in [4.69, 9.17) is 17.3 Å². The number of hydrogen-bond donors (Lipinski definition) is 2. The molecule has 0 spiro atoms. The van der Waals surface area contributed by atoms with Crippen molar-refractivity contribution >= 4 is 28.9 Å². The summed E-state index contributed by atoms with van der Waals surface area (Å²) in [6.45, 7) is 0. The van der Waals surface area contributed by atoms with E-state index in [0.717, 1.165) is 25.7 Å². The van der Waals surface area contributed by atoms with Crippen LogP contribution in [0.15, 0.2) is 18.2 Å². The zero-order chi connectivity index (χ0) is 14.7. The number of hydrogen-bond acceptors (Lipinski definition) is 4. The van der Waals surface area contributed by atoms with Crippen molar-refractivity contribution in [2.75, 3.05) is 5.32 Å². The number of benzene rings is 1. The molecule has 1 aromatic rings. The van der Waals surface area contributed by atoms with Gasteiger partial charge in [-0.25, -0.2) is 0 Å². The average molecular weight is 298 g/mol. The summed E-state index contributed by atoms with van der Waals surface area (Å²) in [7, 11) is 0. The Hall–Kier alpha value is -1.66. The summed E-state index contributed by atoms with van der Waals surface area (Å²) >= 11 is 5.73. The van der Waals surface area contributed by atoms with Crippen molar-refractivity contribution in [1.82, 2.24) is 0 Å². The van der Waals surface area contributed by atoms with Crippen molar-refractivity contribution in [2.24, 2.45) is 11.7 Å². The predicted octanol–water partition coefficient (Wildman–Crippen LogP) is 2.70. The van der Waals surface area contributed by atoms with Crippen LogP contribution in [0, 0.1) is 16.0 Å². The highest BCUT2D eigenvalue weighted by Gasteiger charge is 2.28. The summed E-state index contributed by atoms with van der Waals surface area (Å²) in [6, 6.07) is 4.05. The summed E-state index contributed by atoms with van der Waals surface area (Å²) in [4.78, 5) is 22.4. The Bertz CT molecular complexity index is 536. The molecule has 1 aliphatic carbocycles. The minimum atomic E-state index is -0.579. The number of rotatable bonds is 3. The van der Waals surface area contributed by atoms with Gasteiger partial charge in [0.25, 0.3) is 5.69 Å². The van der Waals surface area contributed by atoms with Gasteiger partial charge in [0.1, 0.15) is 5.02 Å². The van der Waals surface area contributed by atoms with Gasteiger partial charge < -0.3 is 11.1 Å². The second kappa shape index (κ2) is 6.19. The lowest BCUT2D eigenvalue weighted by Crippen LogP contribution is -2.40. The average Bonchev–Trinajstić information content (AvgIpc) is 2.41. The van der Waals surface area contributed by atoms with Gasteiger partial charge in [-0.1, -0.05) is 24.4 Å². The number of nitrogens with two attached hydrogens (primary N) is 1. The fraction of sp³-hybridized carbons (Fsp3) is 0.462. The Balaban J connectivity index is 2.11. The minimum absolute atomic E-state index is 0.0439. The maximum Gasteiger partial charge on any atom is 0.289 e. The normalized spacial score (nSPS) is 22.3.